The van der Waals surface area contributed by atoms with Gasteiger partial charge < -0.3 is 5.73 Å². The van der Waals surface area contributed by atoms with Crippen LogP contribution in [-0.2, 0) is 10.0 Å². The molecule has 1 heterocycles. The van der Waals surface area contributed by atoms with E-state index >= 15 is 0 Å². The van der Waals surface area contributed by atoms with Gasteiger partial charge >= 0.3 is 0 Å². The lowest BCUT2D eigenvalue weighted by Crippen LogP contribution is -2.16. The Morgan fingerprint density at radius 2 is 1.86 bits per heavy atom. The smallest absolute Gasteiger partial charge is 0.264 e. The van der Waals surface area contributed by atoms with Crippen molar-refractivity contribution in [1.82, 2.24) is 4.98 Å². The van der Waals surface area contributed by atoms with Crippen LogP contribution in [0.25, 0.3) is 0 Å². The van der Waals surface area contributed by atoms with Crippen molar-refractivity contribution in [2.75, 3.05) is 10.5 Å². The number of sulfonamides is 1. The highest BCUT2D eigenvalue weighted by Crippen LogP contribution is 2.24. The summed E-state index contributed by atoms with van der Waals surface area (Å²) in [7, 11) is -4.06. The predicted octanol–water partition coefficient (Wildman–Crippen LogP) is 2.53. The molecule has 21 heavy (non-hydrogen) atoms. The second-order valence-corrected chi connectivity index (χ2v) is 6.48. The average molecular weight is 309 g/mol. The Bertz CT molecular complexity index is 804. The zero-order valence-electron chi connectivity index (χ0n) is 11.9. The van der Waals surface area contributed by atoms with Gasteiger partial charge in [-0.3, -0.25) is 9.71 Å². The standard InChI is InChI=1S/C14H16FN3O2S/c1-8-6-11(15)14(7-12(8)16)21(19,20)18-13-5-4-9(2)17-10(13)3/h4-7,18H,16H2,1-3H3. The second-order valence-electron chi connectivity index (χ2n) is 4.83. The lowest BCUT2D eigenvalue weighted by molar-refractivity contribution is 0.570. The summed E-state index contributed by atoms with van der Waals surface area (Å²) < 4.78 is 40.8. The Hall–Kier alpha value is -2.15. The Balaban J connectivity index is 2.46. The second kappa shape index (κ2) is 5.33. The summed E-state index contributed by atoms with van der Waals surface area (Å²) in [6.45, 7) is 5.08. The minimum atomic E-state index is -4.06. The van der Waals surface area contributed by atoms with E-state index in [9.17, 15) is 12.8 Å². The van der Waals surface area contributed by atoms with E-state index in [0.717, 1.165) is 17.8 Å². The number of aryl methyl sites for hydroxylation is 3. The molecule has 0 aliphatic rings. The van der Waals surface area contributed by atoms with Gasteiger partial charge in [-0.1, -0.05) is 0 Å². The van der Waals surface area contributed by atoms with Crippen molar-refractivity contribution < 1.29 is 12.8 Å². The first-order chi connectivity index (χ1) is 9.70. The van der Waals surface area contributed by atoms with E-state index in [0.29, 0.717) is 16.9 Å². The molecule has 0 radical (unpaired) electrons. The topological polar surface area (TPSA) is 85.1 Å². The van der Waals surface area contributed by atoms with Crippen molar-refractivity contribution in [3.63, 3.8) is 0 Å². The van der Waals surface area contributed by atoms with Gasteiger partial charge in [0.1, 0.15) is 10.7 Å². The van der Waals surface area contributed by atoms with Crippen LogP contribution in [-0.4, -0.2) is 13.4 Å². The van der Waals surface area contributed by atoms with E-state index < -0.39 is 20.7 Å². The maximum absolute atomic E-state index is 13.9. The van der Waals surface area contributed by atoms with Gasteiger partial charge in [-0.25, -0.2) is 12.8 Å². The number of benzene rings is 1. The minimum absolute atomic E-state index is 0.218. The Morgan fingerprint density at radius 1 is 1.19 bits per heavy atom. The summed E-state index contributed by atoms with van der Waals surface area (Å²) in [5.74, 6) is -0.841. The van der Waals surface area contributed by atoms with Crippen molar-refractivity contribution in [3.8, 4) is 0 Å². The summed E-state index contributed by atoms with van der Waals surface area (Å²) in [5.41, 5.74) is 7.94. The molecule has 2 aromatic rings. The quantitative estimate of drug-likeness (QED) is 0.853. The maximum atomic E-state index is 13.9. The largest absolute Gasteiger partial charge is 0.398 e. The van der Waals surface area contributed by atoms with E-state index in [1.165, 1.54) is 0 Å². The van der Waals surface area contributed by atoms with Gasteiger partial charge in [0.2, 0.25) is 0 Å². The van der Waals surface area contributed by atoms with Crippen LogP contribution in [0.3, 0.4) is 0 Å². The molecule has 1 aromatic heterocycles. The molecule has 0 aliphatic carbocycles. The molecule has 3 N–H and O–H groups in total. The molecule has 2 rings (SSSR count). The summed E-state index contributed by atoms with van der Waals surface area (Å²) in [6, 6.07) is 5.48. The SMILES string of the molecule is Cc1ccc(NS(=O)(=O)c2cc(N)c(C)cc2F)c(C)n1. The molecule has 112 valence electrons. The fourth-order valence-corrected chi connectivity index (χ4v) is 3.08. The number of pyridine rings is 1. The highest BCUT2D eigenvalue weighted by Gasteiger charge is 2.21. The normalized spacial score (nSPS) is 11.4. The van der Waals surface area contributed by atoms with Gasteiger partial charge in [0.05, 0.1) is 11.4 Å². The fraction of sp³-hybridized carbons (Fsp3) is 0.214. The van der Waals surface area contributed by atoms with E-state index in [-0.39, 0.29) is 5.69 Å². The van der Waals surface area contributed by atoms with Crippen LogP contribution in [0.4, 0.5) is 15.8 Å². The van der Waals surface area contributed by atoms with Crippen LogP contribution in [0.2, 0.25) is 0 Å². The van der Waals surface area contributed by atoms with E-state index in [1.54, 1.807) is 32.9 Å². The number of rotatable bonds is 3. The monoisotopic (exact) mass is 309 g/mol. The molecule has 0 aliphatic heterocycles. The molecular weight excluding hydrogens is 293 g/mol. The highest BCUT2D eigenvalue weighted by molar-refractivity contribution is 7.92. The molecule has 0 bridgehead atoms. The zero-order valence-corrected chi connectivity index (χ0v) is 12.8. The number of nitrogens with two attached hydrogens (primary N) is 1. The third-order valence-electron chi connectivity index (χ3n) is 3.08. The first kappa shape index (κ1) is 15.2. The van der Waals surface area contributed by atoms with Crippen LogP contribution >= 0.6 is 0 Å². The lowest BCUT2D eigenvalue weighted by atomic mass is 10.2. The number of aromatic nitrogens is 1. The Kier molecular flexibility index (Phi) is 3.87. The molecule has 1 aromatic carbocycles. The van der Waals surface area contributed by atoms with Crippen molar-refractivity contribution in [1.29, 1.82) is 0 Å². The molecule has 0 atom stereocenters. The molecular formula is C14H16FN3O2S. The van der Waals surface area contributed by atoms with E-state index in [2.05, 4.69) is 9.71 Å². The number of hydrogen-bond donors (Lipinski definition) is 2. The zero-order chi connectivity index (χ0) is 15.8. The number of hydrogen-bond acceptors (Lipinski definition) is 4. The molecule has 0 unspecified atom stereocenters. The molecule has 0 saturated carbocycles. The van der Waals surface area contributed by atoms with E-state index in [4.69, 9.17) is 5.73 Å². The summed E-state index contributed by atoms with van der Waals surface area (Å²) in [6.07, 6.45) is 0. The van der Waals surface area contributed by atoms with Gasteiger partial charge in [-0.15, -0.1) is 0 Å². The van der Waals surface area contributed by atoms with Gasteiger partial charge in [0, 0.05) is 11.4 Å². The third-order valence-corrected chi connectivity index (χ3v) is 4.46. The van der Waals surface area contributed by atoms with Crippen molar-refractivity contribution in [2.24, 2.45) is 0 Å². The first-order valence-electron chi connectivity index (χ1n) is 6.23. The lowest BCUT2D eigenvalue weighted by Gasteiger charge is -2.12. The summed E-state index contributed by atoms with van der Waals surface area (Å²) in [4.78, 5) is 3.68. The van der Waals surface area contributed by atoms with Crippen LogP contribution in [0, 0.1) is 26.6 Å². The molecule has 0 fully saturated rings. The van der Waals surface area contributed by atoms with Crippen molar-refractivity contribution in [3.05, 3.63) is 47.0 Å². The van der Waals surface area contributed by atoms with Crippen LogP contribution in [0.1, 0.15) is 17.0 Å². The third kappa shape index (κ3) is 3.13. The number of halogens is 1. The fourth-order valence-electron chi connectivity index (χ4n) is 1.87. The number of nitrogen functional groups attached to an aromatic ring is 1. The Labute approximate surface area is 123 Å². The van der Waals surface area contributed by atoms with E-state index in [1.807, 2.05) is 0 Å². The van der Waals surface area contributed by atoms with Crippen LogP contribution in [0.15, 0.2) is 29.2 Å². The number of nitrogens with one attached hydrogen (secondary N) is 1. The average Bonchev–Trinajstić information content (AvgIpc) is 2.37. The molecule has 5 nitrogen and oxygen atoms in total. The predicted molar refractivity (Wildman–Crippen MR) is 80.1 cm³/mol. The Morgan fingerprint density at radius 3 is 2.48 bits per heavy atom. The molecule has 7 heteroatoms. The van der Waals surface area contributed by atoms with Crippen molar-refractivity contribution in [2.45, 2.75) is 25.7 Å². The minimum Gasteiger partial charge on any atom is -0.398 e. The summed E-state index contributed by atoms with van der Waals surface area (Å²) >= 11 is 0. The maximum Gasteiger partial charge on any atom is 0.264 e. The van der Waals surface area contributed by atoms with Crippen molar-refractivity contribution >= 4 is 21.4 Å². The number of anilines is 2. The first-order valence-corrected chi connectivity index (χ1v) is 7.71. The van der Waals surface area contributed by atoms with Crippen LogP contribution < -0.4 is 10.5 Å². The number of nitrogens with zero attached hydrogens (tertiary/aromatic N) is 1. The molecule has 0 spiro atoms. The molecule has 0 amide bonds. The highest BCUT2D eigenvalue weighted by atomic mass is 32.2. The van der Waals surface area contributed by atoms with Crippen LogP contribution in [0.5, 0.6) is 0 Å². The van der Waals surface area contributed by atoms with Gasteiger partial charge in [-0.05, 0) is 50.6 Å². The van der Waals surface area contributed by atoms with Gasteiger partial charge in [0.15, 0.2) is 0 Å². The van der Waals surface area contributed by atoms with Gasteiger partial charge in [0.25, 0.3) is 10.0 Å². The van der Waals surface area contributed by atoms with Gasteiger partial charge in [-0.2, -0.15) is 0 Å². The molecule has 0 saturated heterocycles. The summed E-state index contributed by atoms with van der Waals surface area (Å²) in [5, 5.41) is 0.